The molecule has 142 valence electrons. The quantitative estimate of drug-likeness (QED) is 0.503. The Morgan fingerprint density at radius 3 is 2.85 bits per heavy atom. The molecule has 2 heterocycles. The standard InChI is InChI=1S/C21H27N5O/c1-3-4-7-11-22-20-13-19(25-15(2)26-20)21(27)23-12-10-16-14-24-18-9-6-5-8-17(16)18/h5-6,8-9,13-14,24H,3-4,7,10-12H2,1-2H3,(H,23,27)(H,22,25,26). The molecule has 6 nitrogen and oxygen atoms in total. The number of amides is 1. The fourth-order valence-electron chi connectivity index (χ4n) is 3.11. The molecule has 0 atom stereocenters. The third-order valence-electron chi connectivity index (χ3n) is 4.51. The summed E-state index contributed by atoms with van der Waals surface area (Å²) in [5.74, 6) is 1.13. The van der Waals surface area contributed by atoms with Crippen LogP contribution in [0.1, 0.15) is 48.1 Å². The van der Waals surface area contributed by atoms with E-state index in [1.54, 1.807) is 13.0 Å². The summed E-state index contributed by atoms with van der Waals surface area (Å²) in [5.41, 5.74) is 2.71. The normalized spacial score (nSPS) is 10.9. The maximum absolute atomic E-state index is 12.5. The number of benzene rings is 1. The van der Waals surface area contributed by atoms with Crippen LogP contribution in [-0.2, 0) is 6.42 Å². The molecule has 0 aliphatic carbocycles. The van der Waals surface area contributed by atoms with Gasteiger partial charge >= 0.3 is 0 Å². The molecule has 2 aromatic heterocycles. The highest BCUT2D eigenvalue weighted by atomic mass is 16.1. The fraction of sp³-hybridized carbons (Fsp3) is 0.381. The van der Waals surface area contributed by atoms with E-state index < -0.39 is 0 Å². The summed E-state index contributed by atoms with van der Waals surface area (Å²) in [6.45, 7) is 5.39. The summed E-state index contributed by atoms with van der Waals surface area (Å²) >= 11 is 0. The maximum Gasteiger partial charge on any atom is 0.270 e. The fourth-order valence-corrected chi connectivity index (χ4v) is 3.11. The Morgan fingerprint density at radius 2 is 2.00 bits per heavy atom. The number of hydrogen-bond acceptors (Lipinski definition) is 4. The molecule has 0 aliphatic heterocycles. The van der Waals surface area contributed by atoms with Crippen molar-refractivity contribution in [2.75, 3.05) is 18.4 Å². The molecule has 1 amide bonds. The van der Waals surface area contributed by atoms with Crippen molar-refractivity contribution in [2.24, 2.45) is 0 Å². The largest absolute Gasteiger partial charge is 0.370 e. The minimum Gasteiger partial charge on any atom is -0.370 e. The van der Waals surface area contributed by atoms with Crippen molar-refractivity contribution in [3.63, 3.8) is 0 Å². The number of H-pyrrole nitrogens is 1. The lowest BCUT2D eigenvalue weighted by Gasteiger charge is -2.09. The molecule has 3 rings (SSSR count). The zero-order chi connectivity index (χ0) is 19.1. The number of hydrogen-bond donors (Lipinski definition) is 3. The van der Waals surface area contributed by atoms with Crippen LogP contribution in [0.3, 0.4) is 0 Å². The molecule has 0 unspecified atom stereocenters. The van der Waals surface area contributed by atoms with E-state index in [-0.39, 0.29) is 5.91 Å². The van der Waals surface area contributed by atoms with Gasteiger partial charge in [-0.3, -0.25) is 4.79 Å². The van der Waals surface area contributed by atoms with Crippen LogP contribution in [0.4, 0.5) is 5.82 Å². The van der Waals surface area contributed by atoms with E-state index in [1.165, 1.54) is 23.8 Å². The van der Waals surface area contributed by atoms with Crippen molar-refractivity contribution in [1.82, 2.24) is 20.3 Å². The van der Waals surface area contributed by atoms with Gasteiger partial charge in [0.15, 0.2) is 0 Å². The first-order valence-corrected chi connectivity index (χ1v) is 9.60. The van der Waals surface area contributed by atoms with Crippen molar-refractivity contribution in [3.05, 3.63) is 53.6 Å². The number of unbranched alkanes of at least 4 members (excludes halogenated alkanes) is 2. The second-order valence-corrected chi connectivity index (χ2v) is 6.68. The molecule has 0 bridgehead atoms. The number of rotatable bonds is 9. The lowest BCUT2D eigenvalue weighted by Crippen LogP contribution is -2.27. The van der Waals surface area contributed by atoms with Gasteiger partial charge in [-0.05, 0) is 31.4 Å². The highest BCUT2D eigenvalue weighted by Gasteiger charge is 2.11. The predicted octanol–water partition coefficient (Wildman–Crippen LogP) is 3.84. The van der Waals surface area contributed by atoms with E-state index in [2.05, 4.69) is 44.6 Å². The van der Waals surface area contributed by atoms with E-state index in [4.69, 9.17) is 0 Å². The van der Waals surface area contributed by atoms with Crippen molar-refractivity contribution < 1.29 is 4.79 Å². The number of carbonyl (C=O) groups is 1. The van der Waals surface area contributed by atoms with Gasteiger partial charge in [0, 0.05) is 36.3 Å². The van der Waals surface area contributed by atoms with Gasteiger partial charge in [-0.25, -0.2) is 9.97 Å². The lowest BCUT2D eigenvalue weighted by atomic mass is 10.1. The van der Waals surface area contributed by atoms with Crippen LogP contribution < -0.4 is 10.6 Å². The van der Waals surface area contributed by atoms with Gasteiger partial charge in [-0.2, -0.15) is 0 Å². The van der Waals surface area contributed by atoms with E-state index in [0.29, 0.717) is 23.9 Å². The summed E-state index contributed by atoms with van der Waals surface area (Å²) in [6, 6.07) is 9.90. The Labute approximate surface area is 159 Å². The number of para-hydroxylation sites is 1. The van der Waals surface area contributed by atoms with Crippen LogP contribution in [0.15, 0.2) is 36.5 Å². The smallest absolute Gasteiger partial charge is 0.270 e. The van der Waals surface area contributed by atoms with E-state index in [9.17, 15) is 4.79 Å². The van der Waals surface area contributed by atoms with Gasteiger partial charge in [0.2, 0.25) is 0 Å². The third kappa shape index (κ3) is 5.06. The number of nitrogens with zero attached hydrogens (tertiary/aromatic N) is 2. The van der Waals surface area contributed by atoms with Crippen LogP contribution in [-0.4, -0.2) is 33.9 Å². The molecule has 6 heteroatoms. The number of aromatic amines is 1. The van der Waals surface area contributed by atoms with Crippen molar-refractivity contribution in [2.45, 2.75) is 39.5 Å². The van der Waals surface area contributed by atoms with Gasteiger partial charge in [0.05, 0.1) is 0 Å². The molecule has 0 aliphatic rings. The van der Waals surface area contributed by atoms with Crippen molar-refractivity contribution in [3.8, 4) is 0 Å². The molecule has 3 N–H and O–H groups in total. The lowest BCUT2D eigenvalue weighted by molar-refractivity contribution is 0.0949. The summed E-state index contributed by atoms with van der Waals surface area (Å²) < 4.78 is 0. The third-order valence-corrected chi connectivity index (χ3v) is 4.51. The van der Waals surface area contributed by atoms with Crippen LogP contribution in [0, 0.1) is 6.92 Å². The molecular weight excluding hydrogens is 338 g/mol. The first kappa shape index (κ1) is 18.9. The number of carbonyl (C=O) groups excluding carboxylic acids is 1. The number of anilines is 1. The minimum atomic E-state index is -0.169. The second kappa shape index (κ2) is 9.16. The SMILES string of the molecule is CCCCCNc1cc(C(=O)NCCc2c[nH]c3ccccc23)nc(C)n1. The number of nitrogens with one attached hydrogen (secondary N) is 3. The molecule has 0 spiro atoms. The Morgan fingerprint density at radius 1 is 1.15 bits per heavy atom. The van der Waals surface area contributed by atoms with Gasteiger partial charge < -0.3 is 15.6 Å². The Kier molecular flexibility index (Phi) is 6.41. The first-order valence-electron chi connectivity index (χ1n) is 9.60. The molecule has 0 saturated carbocycles. The first-order chi connectivity index (χ1) is 13.2. The Bertz CT molecular complexity index is 902. The summed E-state index contributed by atoms with van der Waals surface area (Å²) in [7, 11) is 0. The van der Waals surface area contributed by atoms with Gasteiger partial charge in [0.1, 0.15) is 17.3 Å². The second-order valence-electron chi connectivity index (χ2n) is 6.68. The number of fused-ring (bicyclic) bond motifs is 1. The summed E-state index contributed by atoms with van der Waals surface area (Å²) in [6.07, 6.45) is 6.21. The van der Waals surface area contributed by atoms with Gasteiger partial charge in [0.25, 0.3) is 5.91 Å². The van der Waals surface area contributed by atoms with Crippen LogP contribution in [0.25, 0.3) is 10.9 Å². The van der Waals surface area contributed by atoms with Crippen LogP contribution in [0.5, 0.6) is 0 Å². The zero-order valence-corrected chi connectivity index (χ0v) is 16.0. The summed E-state index contributed by atoms with van der Waals surface area (Å²) in [5, 5.41) is 7.44. The zero-order valence-electron chi connectivity index (χ0n) is 16.0. The van der Waals surface area contributed by atoms with Gasteiger partial charge in [-0.1, -0.05) is 38.0 Å². The summed E-state index contributed by atoms with van der Waals surface area (Å²) in [4.78, 5) is 24.4. The number of aromatic nitrogens is 3. The average molecular weight is 365 g/mol. The molecule has 3 aromatic rings. The van der Waals surface area contributed by atoms with E-state index in [1.807, 2.05) is 18.3 Å². The topological polar surface area (TPSA) is 82.7 Å². The van der Waals surface area contributed by atoms with Crippen LogP contribution >= 0.6 is 0 Å². The highest BCUT2D eigenvalue weighted by molar-refractivity contribution is 5.93. The maximum atomic E-state index is 12.5. The highest BCUT2D eigenvalue weighted by Crippen LogP contribution is 2.17. The van der Waals surface area contributed by atoms with E-state index >= 15 is 0 Å². The number of aryl methyl sites for hydroxylation is 1. The molecule has 0 saturated heterocycles. The minimum absolute atomic E-state index is 0.169. The molecular formula is C21H27N5O. The molecule has 0 fully saturated rings. The van der Waals surface area contributed by atoms with Crippen LogP contribution in [0.2, 0.25) is 0 Å². The molecule has 1 aromatic carbocycles. The average Bonchev–Trinajstić information content (AvgIpc) is 3.08. The monoisotopic (exact) mass is 365 g/mol. The van der Waals surface area contributed by atoms with Gasteiger partial charge in [-0.15, -0.1) is 0 Å². The molecule has 27 heavy (non-hydrogen) atoms. The predicted molar refractivity (Wildman–Crippen MR) is 109 cm³/mol. The van der Waals surface area contributed by atoms with Crippen molar-refractivity contribution in [1.29, 1.82) is 0 Å². The molecule has 0 radical (unpaired) electrons. The Balaban J connectivity index is 1.56. The van der Waals surface area contributed by atoms with Crippen molar-refractivity contribution >= 4 is 22.6 Å². The Hall–Kier alpha value is -2.89. The van der Waals surface area contributed by atoms with E-state index in [0.717, 1.165) is 24.9 Å².